The fraction of sp³-hybridized carbons (Fsp3) is 0.385. The number of likely N-dealkylation sites (tertiary alicyclic amines) is 1. The van der Waals surface area contributed by atoms with Crippen LogP contribution in [0.2, 0.25) is 0 Å². The maximum absolute atomic E-state index is 3.63. The number of nitrogens with zero attached hydrogens (tertiary/aromatic N) is 1. The molecule has 0 bridgehead atoms. The van der Waals surface area contributed by atoms with Crippen LogP contribution in [0.3, 0.4) is 0 Å². The number of fused-ring (bicyclic) bond motifs is 1. The van der Waals surface area contributed by atoms with Crippen LogP contribution in [0.5, 0.6) is 0 Å². The van der Waals surface area contributed by atoms with Crippen LogP contribution in [0.25, 0.3) is 10.9 Å². The van der Waals surface area contributed by atoms with Crippen molar-refractivity contribution in [3.8, 4) is 0 Å². The Hall–Kier alpha value is -0.800. The molecule has 0 radical (unpaired) electrons. The van der Waals surface area contributed by atoms with Gasteiger partial charge in [-0.25, -0.2) is 0 Å². The van der Waals surface area contributed by atoms with Crippen LogP contribution in [0.1, 0.15) is 12.0 Å². The van der Waals surface area contributed by atoms with Crippen molar-refractivity contribution in [1.29, 1.82) is 0 Å². The highest BCUT2D eigenvalue weighted by atomic mass is 79.9. The molecule has 0 atom stereocenters. The number of nitrogens with one attached hydrogen (secondary N) is 1. The quantitative estimate of drug-likeness (QED) is 0.914. The highest BCUT2D eigenvalue weighted by Gasteiger charge is 2.14. The van der Waals surface area contributed by atoms with E-state index in [9.17, 15) is 0 Å². The smallest absolute Gasteiger partial charge is 0.0468 e. The minimum absolute atomic E-state index is 1.14. The summed E-state index contributed by atoms with van der Waals surface area (Å²) in [4.78, 5) is 5.85. The van der Waals surface area contributed by atoms with Crippen molar-refractivity contribution in [2.24, 2.45) is 0 Å². The summed E-state index contributed by atoms with van der Waals surface area (Å²) in [6.07, 6.45) is 4.66. The van der Waals surface area contributed by atoms with Crippen molar-refractivity contribution in [1.82, 2.24) is 9.88 Å². The van der Waals surface area contributed by atoms with E-state index in [1.54, 1.807) is 0 Å². The highest BCUT2D eigenvalue weighted by Crippen LogP contribution is 2.27. The van der Waals surface area contributed by atoms with Crippen LogP contribution in [0, 0.1) is 0 Å². The van der Waals surface area contributed by atoms with Gasteiger partial charge in [0.05, 0.1) is 0 Å². The third-order valence-corrected chi connectivity index (χ3v) is 4.04. The summed E-state index contributed by atoms with van der Waals surface area (Å²) in [6, 6.07) is 6.32. The number of hydrogen-bond donors (Lipinski definition) is 1. The zero-order valence-corrected chi connectivity index (χ0v) is 10.8. The second-order valence-corrected chi connectivity index (χ2v) is 5.28. The Morgan fingerprint density at radius 1 is 1.31 bits per heavy atom. The molecule has 2 aromatic rings. The fourth-order valence-corrected chi connectivity index (χ4v) is 2.91. The number of benzene rings is 1. The van der Waals surface area contributed by atoms with E-state index in [-0.39, 0.29) is 0 Å². The fourth-order valence-electron chi connectivity index (χ4n) is 2.29. The van der Waals surface area contributed by atoms with Gasteiger partial charge < -0.3 is 9.88 Å². The number of H-pyrrole nitrogens is 1. The molecule has 0 amide bonds. The summed E-state index contributed by atoms with van der Waals surface area (Å²) in [5, 5.41) is 1.35. The third kappa shape index (κ3) is 1.78. The van der Waals surface area contributed by atoms with E-state index in [0.29, 0.717) is 0 Å². The average Bonchev–Trinajstić information content (AvgIpc) is 2.61. The Bertz CT molecular complexity index is 500. The van der Waals surface area contributed by atoms with Crippen LogP contribution >= 0.6 is 15.9 Å². The predicted octanol–water partition coefficient (Wildman–Crippen LogP) is 3.18. The molecular weight excluding hydrogens is 264 g/mol. The zero-order chi connectivity index (χ0) is 11.0. The first kappa shape index (κ1) is 10.4. The van der Waals surface area contributed by atoms with E-state index in [2.05, 4.69) is 50.2 Å². The van der Waals surface area contributed by atoms with Crippen molar-refractivity contribution in [3.63, 3.8) is 0 Å². The van der Waals surface area contributed by atoms with Crippen molar-refractivity contribution < 1.29 is 0 Å². The normalized spacial score (nSPS) is 16.6. The van der Waals surface area contributed by atoms with Crippen molar-refractivity contribution in [3.05, 3.63) is 34.4 Å². The van der Waals surface area contributed by atoms with E-state index < -0.39 is 0 Å². The summed E-state index contributed by atoms with van der Waals surface area (Å²) in [5.41, 5.74) is 2.65. The van der Waals surface area contributed by atoms with Gasteiger partial charge in [0, 0.05) is 28.1 Å². The van der Waals surface area contributed by atoms with Crippen LogP contribution in [-0.2, 0) is 6.42 Å². The molecule has 1 aromatic carbocycles. The third-order valence-electron chi connectivity index (χ3n) is 3.38. The first-order valence-corrected chi connectivity index (χ1v) is 6.61. The molecule has 1 aliphatic rings. The zero-order valence-electron chi connectivity index (χ0n) is 9.17. The predicted molar refractivity (Wildman–Crippen MR) is 70.8 cm³/mol. The molecule has 0 saturated carbocycles. The van der Waals surface area contributed by atoms with Crippen LogP contribution < -0.4 is 0 Å². The Balaban J connectivity index is 1.85. The van der Waals surface area contributed by atoms with Gasteiger partial charge in [0.2, 0.25) is 0 Å². The largest absolute Gasteiger partial charge is 0.361 e. The molecule has 0 aliphatic carbocycles. The molecule has 0 spiro atoms. The lowest BCUT2D eigenvalue weighted by atomic mass is 10.1. The van der Waals surface area contributed by atoms with Crippen LogP contribution in [-0.4, -0.2) is 29.5 Å². The maximum Gasteiger partial charge on any atom is 0.0468 e. The highest BCUT2D eigenvalue weighted by molar-refractivity contribution is 9.10. The van der Waals surface area contributed by atoms with Gasteiger partial charge in [-0.2, -0.15) is 0 Å². The lowest BCUT2D eigenvalue weighted by molar-refractivity contribution is 0.184. The molecule has 16 heavy (non-hydrogen) atoms. The maximum atomic E-state index is 3.63. The molecule has 3 heteroatoms. The Morgan fingerprint density at radius 3 is 2.94 bits per heavy atom. The molecule has 84 valence electrons. The summed E-state index contributed by atoms with van der Waals surface area (Å²) < 4.78 is 1.20. The van der Waals surface area contributed by atoms with E-state index in [1.807, 2.05) is 0 Å². The van der Waals surface area contributed by atoms with E-state index >= 15 is 0 Å². The molecule has 1 aliphatic heterocycles. The van der Waals surface area contributed by atoms with Crippen molar-refractivity contribution in [2.75, 3.05) is 19.6 Å². The minimum Gasteiger partial charge on any atom is -0.361 e. The number of aromatic amines is 1. The van der Waals surface area contributed by atoms with Gasteiger partial charge in [0.25, 0.3) is 0 Å². The standard InChI is InChI=1S/C13H15BrN2/c14-11-3-1-4-12-13(11)10(9-15-12)5-8-16-6-2-7-16/h1,3-4,9,15H,2,5-8H2. The minimum atomic E-state index is 1.14. The number of halogens is 1. The monoisotopic (exact) mass is 278 g/mol. The van der Waals surface area contributed by atoms with Crippen molar-refractivity contribution >= 4 is 26.8 Å². The molecule has 1 saturated heterocycles. The van der Waals surface area contributed by atoms with Gasteiger partial charge in [-0.3, -0.25) is 0 Å². The second kappa shape index (κ2) is 4.22. The first-order chi connectivity index (χ1) is 7.84. The van der Waals surface area contributed by atoms with Crippen LogP contribution in [0.4, 0.5) is 0 Å². The summed E-state index contributed by atoms with van der Waals surface area (Å²) in [5.74, 6) is 0. The molecule has 2 nitrogen and oxygen atoms in total. The first-order valence-electron chi connectivity index (χ1n) is 5.81. The Labute approximate surface area is 104 Å². The van der Waals surface area contributed by atoms with Crippen molar-refractivity contribution in [2.45, 2.75) is 12.8 Å². The van der Waals surface area contributed by atoms with E-state index in [0.717, 1.165) is 6.42 Å². The number of hydrogen-bond acceptors (Lipinski definition) is 1. The van der Waals surface area contributed by atoms with E-state index in [4.69, 9.17) is 0 Å². The van der Waals surface area contributed by atoms with E-state index in [1.165, 1.54) is 47.0 Å². The molecule has 1 N–H and O–H groups in total. The summed E-state index contributed by atoms with van der Waals surface area (Å²) >= 11 is 3.63. The van der Waals surface area contributed by atoms with Gasteiger partial charge in [-0.15, -0.1) is 0 Å². The van der Waals surface area contributed by atoms with Gasteiger partial charge in [-0.1, -0.05) is 22.0 Å². The number of rotatable bonds is 3. The molecule has 0 unspecified atom stereocenters. The molecular formula is C13H15BrN2. The second-order valence-electron chi connectivity index (χ2n) is 4.42. The van der Waals surface area contributed by atoms with Gasteiger partial charge >= 0.3 is 0 Å². The molecule has 1 fully saturated rings. The SMILES string of the molecule is Brc1cccc2[nH]cc(CCN3CCC3)c12. The molecule has 3 rings (SSSR count). The van der Waals surface area contributed by atoms with Gasteiger partial charge in [0.1, 0.15) is 0 Å². The summed E-state index contributed by atoms with van der Waals surface area (Å²) in [6.45, 7) is 3.75. The van der Waals surface area contributed by atoms with Crippen LogP contribution in [0.15, 0.2) is 28.9 Å². The topological polar surface area (TPSA) is 19.0 Å². The molecule has 1 aromatic heterocycles. The van der Waals surface area contributed by atoms with Gasteiger partial charge in [0.15, 0.2) is 0 Å². The Morgan fingerprint density at radius 2 is 2.19 bits per heavy atom. The number of aromatic nitrogens is 1. The lowest BCUT2D eigenvalue weighted by Gasteiger charge is -2.30. The van der Waals surface area contributed by atoms with Gasteiger partial charge in [-0.05, 0) is 43.6 Å². The average molecular weight is 279 g/mol. The molecule has 2 heterocycles. The Kier molecular flexibility index (Phi) is 2.74. The summed E-state index contributed by atoms with van der Waals surface area (Å²) in [7, 11) is 0. The lowest BCUT2D eigenvalue weighted by Crippen LogP contribution is -2.38.